The Morgan fingerprint density at radius 3 is 2.41 bits per heavy atom. The van der Waals surface area contributed by atoms with E-state index < -0.39 is 22.1 Å². The van der Waals surface area contributed by atoms with E-state index in [1.807, 2.05) is 4.90 Å². The summed E-state index contributed by atoms with van der Waals surface area (Å²) in [6.07, 6.45) is 7.25. The van der Waals surface area contributed by atoms with Gasteiger partial charge in [-0.2, -0.15) is 0 Å². The van der Waals surface area contributed by atoms with Gasteiger partial charge in [-0.3, -0.25) is 4.90 Å². The van der Waals surface area contributed by atoms with Gasteiger partial charge in [0.15, 0.2) is 0 Å². The number of aryl methyl sites for hydroxylation is 2. The van der Waals surface area contributed by atoms with E-state index in [-0.39, 0.29) is 6.04 Å². The number of hydrogen-bond donors (Lipinski definition) is 3. The summed E-state index contributed by atoms with van der Waals surface area (Å²) in [4.78, 5) is 26.6. The summed E-state index contributed by atoms with van der Waals surface area (Å²) in [5, 5.41) is 12.8. The number of urea groups is 1. The van der Waals surface area contributed by atoms with Crippen molar-refractivity contribution in [3.8, 4) is 0 Å². The molecule has 0 saturated carbocycles. The van der Waals surface area contributed by atoms with Crippen molar-refractivity contribution in [1.29, 1.82) is 0 Å². The van der Waals surface area contributed by atoms with Crippen LogP contribution in [0.2, 0.25) is 0 Å². The standard InChI is InChI=1S/C22H30N4O5S/c1-25(22(28)29)11-12-26-10-8-17(26)9-13-32(30,31)24-21(27)23-20-18-6-2-4-15(18)14-16-5-3-7-19(16)20/h9,13-14,17H,2-8,10-12H2,1H3,(H,28,29)(H2,23,24,27). The Kier molecular flexibility index (Phi) is 6.43. The zero-order chi connectivity index (χ0) is 22.9. The number of amides is 3. The number of carbonyl (C=O) groups is 2. The maximum atomic E-state index is 12.6. The van der Waals surface area contributed by atoms with Crippen molar-refractivity contribution in [2.75, 3.05) is 32.0 Å². The Morgan fingerprint density at radius 2 is 1.84 bits per heavy atom. The molecular weight excluding hydrogens is 432 g/mol. The third kappa shape index (κ3) is 4.91. The van der Waals surface area contributed by atoms with Gasteiger partial charge in [0.2, 0.25) is 0 Å². The van der Waals surface area contributed by atoms with E-state index in [9.17, 15) is 18.0 Å². The van der Waals surface area contributed by atoms with Crippen LogP contribution in [0.15, 0.2) is 17.6 Å². The Bertz CT molecular complexity index is 1020. The van der Waals surface area contributed by atoms with Crippen LogP contribution >= 0.6 is 0 Å². The molecule has 10 heteroatoms. The molecule has 0 bridgehead atoms. The number of benzene rings is 1. The second-order valence-corrected chi connectivity index (χ2v) is 10.3. The van der Waals surface area contributed by atoms with Gasteiger partial charge in [0.1, 0.15) is 0 Å². The number of nitrogens with one attached hydrogen (secondary N) is 2. The summed E-state index contributed by atoms with van der Waals surface area (Å²) >= 11 is 0. The lowest BCUT2D eigenvalue weighted by molar-refractivity contribution is 0.104. The molecule has 3 aliphatic rings. The minimum atomic E-state index is -3.94. The van der Waals surface area contributed by atoms with Gasteiger partial charge in [0.25, 0.3) is 10.0 Å². The van der Waals surface area contributed by atoms with Crippen molar-refractivity contribution in [3.05, 3.63) is 39.8 Å². The topological polar surface area (TPSA) is 119 Å². The summed E-state index contributed by atoms with van der Waals surface area (Å²) in [6, 6.07) is 1.43. The second-order valence-electron chi connectivity index (χ2n) is 8.76. The van der Waals surface area contributed by atoms with E-state index in [0.29, 0.717) is 13.1 Å². The molecule has 1 unspecified atom stereocenters. The lowest BCUT2D eigenvalue weighted by Gasteiger charge is -2.39. The van der Waals surface area contributed by atoms with Crippen molar-refractivity contribution in [1.82, 2.24) is 14.5 Å². The van der Waals surface area contributed by atoms with Gasteiger partial charge in [0.05, 0.1) is 0 Å². The van der Waals surface area contributed by atoms with Crippen molar-refractivity contribution < 1.29 is 23.1 Å². The van der Waals surface area contributed by atoms with E-state index in [2.05, 4.69) is 16.1 Å². The van der Waals surface area contributed by atoms with Crippen LogP contribution in [0, 0.1) is 0 Å². The zero-order valence-corrected chi connectivity index (χ0v) is 19.1. The van der Waals surface area contributed by atoms with Crippen LogP contribution in [-0.2, 0) is 35.7 Å². The molecule has 1 aliphatic heterocycles. The van der Waals surface area contributed by atoms with E-state index >= 15 is 0 Å². The van der Waals surface area contributed by atoms with Crippen LogP contribution in [0.4, 0.5) is 15.3 Å². The number of likely N-dealkylation sites (tertiary alicyclic amines) is 1. The highest BCUT2D eigenvalue weighted by atomic mass is 32.2. The molecular formula is C22H30N4O5S. The van der Waals surface area contributed by atoms with Crippen molar-refractivity contribution in [2.24, 2.45) is 0 Å². The molecule has 0 radical (unpaired) electrons. The summed E-state index contributed by atoms with van der Waals surface area (Å²) in [6.45, 7) is 1.65. The van der Waals surface area contributed by atoms with Gasteiger partial charge < -0.3 is 15.3 Å². The summed E-state index contributed by atoms with van der Waals surface area (Å²) < 4.78 is 27.0. The molecule has 0 spiro atoms. The van der Waals surface area contributed by atoms with Gasteiger partial charge in [-0.25, -0.2) is 22.7 Å². The van der Waals surface area contributed by atoms with E-state index in [1.54, 1.807) is 6.08 Å². The number of nitrogens with zero attached hydrogens (tertiary/aromatic N) is 2. The summed E-state index contributed by atoms with van der Waals surface area (Å²) in [5.41, 5.74) is 5.62. The normalized spacial score (nSPS) is 20.0. The maximum Gasteiger partial charge on any atom is 0.407 e. The average Bonchev–Trinajstić information content (AvgIpc) is 3.35. The van der Waals surface area contributed by atoms with Crippen LogP contribution in [0.1, 0.15) is 41.5 Å². The SMILES string of the molecule is CN(CCN1CCC1C=CS(=O)(=O)NC(=O)Nc1c2c(cc3c1CCC3)CCC2)C(=O)O. The first-order chi connectivity index (χ1) is 15.2. The highest BCUT2D eigenvalue weighted by Gasteiger charge is 2.28. The quantitative estimate of drug-likeness (QED) is 0.572. The lowest BCUT2D eigenvalue weighted by Crippen LogP contribution is -2.49. The van der Waals surface area contributed by atoms with Gasteiger partial charge in [-0.1, -0.05) is 12.1 Å². The molecule has 3 amide bonds. The number of likely N-dealkylation sites (N-methyl/N-ethyl adjacent to an activating group) is 1. The Morgan fingerprint density at radius 1 is 1.19 bits per heavy atom. The average molecular weight is 463 g/mol. The number of carboxylic acid groups (broad SMARTS) is 1. The number of anilines is 1. The van der Waals surface area contributed by atoms with Gasteiger partial charge in [-0.05, 0) is 67.2 Å². The molecule has 32 heavy (non-hydrogen) atoms. The monoisotopic (exact) mass is 462 g/mol. The Hall–Kier alpha value is -2.59. The second kappa shape index (κ2) is 9.11. The third-order valence-corrected chi connectivity index (χ3v) is 7.64. The van der Waals surface area contributed by atoms with Crippen molar-refractivity contribution in [3.63, 3.8) is 0 Å². The molecule has 9 nitrogen and oxygen atoms in total. The molecule has 3 N–H and O–H groups in total. The minimum Gasteiger partial charge on any atom is -0.465 e. The summed E-state index contributed by atoms with van der Waals surface area (Å²) in [7, 11) is -2.44. The smallest absolute Gasteiger partial charge is 0.407 e. The first-order valence-corrected chi connectivity index (χ1v) is 12.6. The largest absolute Gasteiger partial charge is 0.465 e. The molecule has 1 aromatic rings. The first-order valence-electron chi connectivity index (χ1n) is 11.1. The van der Waals surface area contributed by atoms with Crippen LogP contribution in [0.5, 0.6) is 0 Å². The molecule has 1 aromatic carbocycles. The fourth-order valence-electron chi connectivity index (χ4n) is 4.79. The Balaban J connectivity index is 1.35. The molecule has 0 aromatic heterocycles. The fraction of sp³-hybridized carbons (Fsp3) is 0.545. The van der Waals surface area contributed by atoms with Crippen molar-refractivity contribution in [2.45, 2.75) is 51.0 Å². The molecule has 1 saturated heterocycles. The van der Waals surface area contributed by atoms with Crippen molar-refractivity contribution >= 4 is 27.8 Å². The van der Waals surface area contributed by atoms with E-state index in [1.165, 1.54) is 23.1 Å². The molecule has 4 rings (SSSR count). The van der Waals surface area contributed by atoms with E-state index in [0.717, 1.165) is 73.7 Å². The fourth-order valence-corrected chi connectivity index (χ4v) is 5.56. The molecule has 174 valence electrons. The summed E-state index contributed by atoms with van der Waals surface area (Å²) in [5.74, 6) is 0. The van der Waals surface area contributed by atoms with Crippen LogP contribution in [-0.4, -0.2) is 68.2 Å². The lowest BCUT2D eigenvalue weighted by atomic mass is 9.99. The number of carbonyl (C=O) groups excluding carboxylic acids is 1. The van der Waals surface area contributed by atoms with Crippen LogP contribution in [0.25, 0.3) is 0 Å². The maximum absolute atomic E-state index is 12.6. The number of fused-ring (bicyclic) bond motifs is 2. The van der Waals surface area contributed by atoms with Crippen LogP contribution < -0.4 is 10.0 Å². The predicted octanol–water partition coefficient (Wildman–Crippen LogP) is 2.31. The van der Waals surface area contributed by atoms with Crippen LogP contribution in [0.3, 0.4) is 0 Å². The van der Waals surface area contributed by atoms with E-state index in [4.69, 9.17) is 5.11 Å². The third-order valence-electron chi connectivity index (χ3n) is 6.66. The number of sulfonamides is 1. The van der Waals surface area contributed by atoms with Gasteiger partial charge >= 0.3 is 12.1 Å². The minimum absolute atomic E-state index is 0.0857. The predicted molar refractivity (Wildman–Crippen MR) is 121 cm³/mol. The highest BCUT2D eigenvalue weighted by Crippen LogP contribution is 2.38. The first kappa shape index (κ1) is 22.6. The van der Waals surface area contributed by atoms with Gasteiger partial charge in [-0.15, -0.1) is 0 Å². The molecule has 1 heterocycles. The zero-order valence-electron chi connectivity index (χ0n) is 18.3. The molecule has 1 fully saturated rings. The highest BCUT2D eigenvalue weighted by molar-refractivity contribution is 7.92. The molecule has 1 atom stereocenters. The molecule has 2 aliphatic carbocycles. The number of rotatable bonds is 7. The van der Waals surface area contributed by atoms with Gasteiger partial charge in [0, 0.05) is 43.8 Å². The Labute approximate surface area is 188 Å². The number of hydrogen-bond acceptors (Lipinski definition) is 5.